The van der Waals surface area contributed by atoms with Crippen molar-refractivity contribution in [1.82, 2.24) is 5.32 Å². The lowest BCUT2D eigenvalue weighted by Gasteiger charge is -2.26. The molecule has 51 heavy (non-hydrogen) atoms. The number of phosphoric ester groups is 1. The Kier molecular flexibility index (Phi) is 34.5. The number of aliphatic hydroxyl groups excluding tert-OH is 1. The van der Waals surface area contributed by atoms with E-state index in [0.717, 1.165) is 44.9 Å². The topological polar surface area (TPSA) is 105 Å². The number of hydrogen-bond acceptors (Lipinski definition) is 5. The molecule has 304 valence electrons. The Labute approximate surface area is 316 Å². The molecule has 3 atom stereocenters. The zero-order valence-electron chi connectivity index (χ0n) is 34.4. The van der Waals surface area contributed by atoms with E-state index in [2.05, 4.69) is 31.3 Å². The molecule has 0 saturated carbocycles. The Morgan fingerprint density at radius 3 is 1.51 bits per heavy atom. The number of phosphoric acid groups is 1. The summed E-state index contributed by atoms with van der Waals surface area (Å²) < 4.78 is 23.6. The molecular formula is C42H86N2O6P+. The normalized spacial score (nSPS) is 14.6. The maximum Gasteiger partial charge on any atom is 0.472 e. The van der Waals surface area contributed by atoms with Gasteiger partial charge in [-0.25, -0.2) is 4.57 Å². The van der Waals surface area contributed by atoms with Crippen molar-refractivity contribution in [2.24, 2.45) is 0 Å². The maximum absolute atomic E-state index is 12.8. The van der Waals surface area contributed by atoms with E-state index in [0.29, 0.717) is 23.9 Å². The van der Waals surface area contributed by atoms with E-state index in [-0.39, 0.29) is 19.1 Å². The monoisotopic (exact) mass is 746 g/mol. The third-order valence-electron chi connectivity index (χ3n) is 9.76. The first-order chi connectivity index (χ1) is 24.5. The van der Waals surface area contributed by atoms with Gasteiger partial charge in [0.2, 0.25) is 5.91 Å². The van der Waals surface area contributed by atoms with Crippen molar-refractivity contribution in [2.75, 3.05) is 40.9 Å². The van der Waals surface area contributed by atoms with Gasteiger partial charge < -0.3 is 19.8 Å². The van der Waals surface area contributed by atoms with Gasteiger partial charge in [0.15, 0.2) is 0 Å². The number of aliphatic hydroxyl groups is 1. The molecule has 1 amide bonds. The van der Waals surface area contributed by atoms with E-state index in [1.54, 1.807) is 0 Å². The summed E-state index contributed by atoms with van der Waals surface area (Å²) in [6.07, 6.45) is 38.0. The number of carbonyl (C=O) groups excluding carboxylic acids is 1. The van der Waals surface area contributed by atoms with Crippen LogP contribution < -0.4 is 5.32 Å². The molecule has 0 radical (unpaired) electrons. The molecule has 0 aromatic carbocycles. The third kappa shape index (κ3) is 37.4. The van der Waals surface area contributed by atoms with Crippen molar-refractivity contribution >= 4 is 13.7 Å². The van der Waals surface area contributed by atoms with Crippen LogP contribution in [0.4, 0.5) is 0 Å². The zero-order chi connectivity index (χ0) is 37.9. The number of amides is 1. The summed E-state index contributed by atoms with van der Waals surface area (Å²) in [7, 11) is 1.60. The molecule has 0 heterocycles. The first kappa shape index (κ1) is 50.2. The number of nitrogens with one attached hydrogen (secondary N) is 1. The summed E-state index contributed by atoms with van der Waals surface area (Å²) in [5, 5.41) is 13.9. The van der Waals surface area contributed by atoms with Crippen molar-refractivity contribution in [2.45, 2.75) is 212 Å². The van der Waals surface area contributed by atoms with Gasteiger partial charge in [0, 0.05) is 6.42 Å². The lowest BCUT2D eigenvalue weighted by atomic mass is 10.0. The van der Waals surface area contributed by atoms with Crippen molar-refractivity contribution in [1.29, 1.82) is 0 Å². The number of carbonyl (C=O) groups is 1. The molecule has 3 N–H and O–H groups in total. The molecule has 8 nitrogen and oxygen atoms in total. The number of quaternary nitrogens is 1. The molecule has 0 aromatic rings. The van der Waals surface area contributed by atoms with Gasteiger partial charge in [-0.3, -0.25) is 13.8 Å². The van der Waals surface area contributed by atoms with Gasteiger partial charge in [0.05, 0.1) is 39.9 Å². The SMILES string of the molecule is CCCCCCCCC/C=C/CCCC[C@@H](O)[C@H](COP(=O)(O)OCC[N+](C)(C)C)NC(=O)CCCCCCCCCCCCCCCCCC. The second-order valence-corrected chi connectivity index (χ2v) is 17.5. The molecule has 0 fully saturated rings. The number of likely N-dealkylation sites (N-methyl/N-ethyl adjacent to an activating group) is 1. The van der Waals surface area contributed by atoms with E-state index in [1.807, 2.05) is 21.1 Å². The van der Waals surface area contributed by atoms with Gasteiger partial charge in [-0.05, 0) is 38.5 Å². The van der Waals surface area contributed by atoms with Crippen LogP contribution in [0.2, 0.25) is 0 Å². The van der Waals surface area contributed by atoms with E-state index in [9.17, 15) is 19.4 Å². The second kappa shape index (κ2) is 35.0. The van der Waals surface area contributed by atoms with Crippen molar-refractivity contribution in [3.8, 4) is 0 Å². The maximum atomic E-state index is 12.8. The molecule has 0 aliphatic carbocycles. The highest BCUT2D eigenvalue weighted by Crippen LogP contribution is 2.43. The highest BCUT2D eigenvalue weighted by Gasteiger charge is 2.28. The molecule has 0 aliphatic rings. The quantitative estimate of drug-likeness (QED) is 0.0250. The minimum absolute atomic E-state index is 0.0720. The lowest BCUT2D eigenvalue weighted by molar-refractivity contribution is -0.870. The predicted octanol–water partition coefficient (Wildman–Crippen LogP) is 11.6. The van der Waals surface area contributed by atoms with E-state index >= 15 is 0 Å². The fourth-order valence-electron chi connectivity index (χ4n) is 6.28. The van der Waals surface area contributed by atoms with Gasteiger partial charge in [0.25, 0.3) is 0 Å². The van der Waals surface area contributed by atoms with Gasteiger partial charge in [-0.15, -0.1) is 0 Å². The third-order valence-corrected chi connectivity index (χ3v) is 10.7. The van der Waals surface area contributed by atoms with Gasteiger partial charge in [0.1, 0.15) is 13.2 Å². The van der Waals surface area contributed by atoms with E-state index in [1.165, 1.54) is 128 Å². The molecule has 0 saturated heterocycles. The fraction of sp³-hybridized carbons (Fsp3) is 0.929. The van der Waals surface area contributed by atoms with Crippen LogP contribution in [0.1, 0.15) is 200 Å². The smallest absolute Gasteiger partial charge is 0.391 e. The average molecular weight is 746 g/mol. The Bertz CT molecular complexity index is 850. The minimum atomic E-state index is -4.31. The number of rotatable bonds is 39. The Hall–Kier alpha value is -0.760. The second-order valence-electron chi connectivity index (χ2n) is 16.1. The minimum Gasteiger partial charge on any atom is -0.391 e. The van der Waals surface area contributed by atoms with Crippen LogP contribution >= 0.6 is 7.82 Å². The van der Waals surface area contributed by atoms with Crippen LogP contribution in [0, 0.1) is 0 Å². The van der Waals surface area contributed by atoms with Crippen molar-refractivity contribution < 1.29 is 32.9 Å². The molecule has 0 aliphatic heterocycles. The highest BCUT2D eigenvalue weighted by atomic mass is 31.2. The van der Waals surface area contributed by atoms with Gasteiger partial charge >= 0.3 is 7.82 Å². The van der Waals surface area contributed by atoms with Crippen LogP contribution in [0.3, 0.4) is 0 Å². The summed E-state index contributed by atoms with van der Waals surface area (Å²) >= 11 is 0. The van der Waals surface area contributed by atoms with E-state index < -0.39 is 20.0 Å². The Morgan fingerprint density at radius 2 is 1.06 bits per heavy atom. The standard InChI is InChI=1S/C42H85N2O6P/c1-6-8-10-12-14-16-18-20-21-22-24-26-28-30-32-34-36-42(46)43-40(39-50-51(47,48)49-38-37-44(3,4)5)41(45)35-33-31-29-27-25-23-19-17-15-13-11-9-7-2/h25,27,40-41,45H,6-24,26,28-39H2,1-5H3,(H-,43,46,47,48)/p+1/b27-25+/t40-,41+/m0/s1. The number of allylic oxidation sites excluding steroid dienone is 2. The average Bonchev–Trinajstić information content (AvgIpc) is 3.07. The summed E-state index contributed by atoms with van der Waals surface area (Å²) in [5.74, 6) is -0.153. The summed E-state index contributed by atoms with van der Waals surface area (Å²) in [4.78, 5) is 23.1. The lowest BCUT2D eigenvalue weighted by Crippen LogP contribution is -2.46. The van der Waals surface area contributed by atoms with Crippen LogP contribution in [0.15, 0.2) is 12.2 Å². The first-order valence-electron chi connectivity index (χ1n) is 21.6. The molecule has 0 rings (SSSR count). The van der Waals surface area contributed by atoms with Gasteiger partial charge in [-0.2, -0.15) is 0 Å². The fourth-order valence-corrected chi connectivity index (χ4v) is 7.01. The Balaban J connectivity index is 4.39. The van der Waals surface area contributed by atoms with Gasteiger partial charge in [-0.1, -0.05) is 167 Å². The molecule has 0 spiro atoms. The molecular weight excluding hydrogens is 659 g/mol. The number of unbranched alkanes of at least 4 members (excludes halogenated alkanes) is 24. The summed E-state index contributed by atoms with van der Waals surface area (Å²) in [6.45, 7) is 4.86. The predicted molar refractivity (Wildman–Crippen MR) is 217 cm³/mol. The van der Waals surface area contributed by atoms with Crippen LogP contribution in [0.5, 0.6) is 0 Å². The van der Waals surface area contributed by atoms with Crippen LogP contribution in [-0.2, 0) is 18.4 Å². The highest BCUT2D eigenvalue weighted by molar-refractivity contribution is 7.47. The van der Waals surface area contributed by atoms with E-state index in [4.69, 9.17) is 9.05 Å². The molecule has 9 heteroatoms. The Morgan fingerprint density at radius 1 is 0.647 bits per heavy atom. The van der Waals surface area contributed by atoms with Crippen molar-refractivity contribution in [3.05, 3.63) is 12.2 Å². The van der Waals surface area contributed by atoms with Crippen LogP contribution in [-0.4, -0.2) is 73.4 Å². The number of nitrogens with zero attached hydrogens (tertiary/aromatic N) is 1. The van der Waals surface area contributed by atoms with Crippen LogP contribution in [0.25, 0.3) is 0 Å². The summed E-state index contributed by atoms with van der Waals surface area (Å²) in [6, 6.07) is -0.770. The first-order valence-corrected chi connectivity index (χ1v) is 23.0. The largest absolute Gasteiger partial charge is 0.472 e. The molecule has 1 unspecified atom stereocenters. The zero-order valence-corrected chi connectivity index (χ0v) is 35.3. The molecule has 0 aromatic heterocycles. The number of hydrogen-bond donors (Lipinski definition) is 3. The molecule has 0 bridgehead atoms. The van der Waals surface area contributed by atoms with Crippen molar-refractivity contribution in [3.63, 3.8) is 0 Å². The summed E-state index contributed by atoms with van der Waals surface area (Å²) in [5.41, 5.74) is 0.